The summed E-state index contributed by atoms with van der Waals surface area (Å²) in [6.07, 6.45) is 8.66. The first kappa shape index (κ1) is 7.59. The summed E-state index contributed by atoms with van der Waals surface area (Å²) in [7, 11) is 0. The molecule has 0 saturated heterocycles. The van der Waals surface area contributed by atoms with Gasteiger partial charge in [-0.1, -0.05) is 19.9 Å². The van der Waals surface area contributed by atoms with Gasteiger partial charge in [0.2, 0.25) is 0 Å². The van der Waals surface area contributed by atoms with Crippen molar-refractivity contribution in [2.45, 2.75) is 20.0 Å². The van der Waals surface area contributed by atoms with Gasteiger partial charge in [-0.15, -0.1) is 0 Å². The molecule has 2 nitrogen and oxygen atoms in total. The summed E-state index contributed by atoms with van der Waals surface area (Å²) in [5, 5.41) is 0. The second-order valence-corrected chi connectivity index (χ2v) is 3.59. The third kappa shape index (κ3) is 1.17. The van der Waals surface area contributed by atoms with Gasteiger partial charge in [0.25, 0.3) is 0 Å². The van der Waals surface area contributed by atoms with Crippen LogP contribution in [-0.2, 0) is 0 Å². The molecule has 2 aliphatic heterocycles. The Kier molecular flexibility index (Phi) is 1.75. The molecule has 2 aliphatic rings. The van der Waals surface area contributed by atoms with Gasteiger partial charge in [0.15, 0.2) is 0 Å². The Hall–Kier alpha value is -1.05. The van der Waals surface area contributed by atoms with Crippen molar-refractivity contribution in [2.24, 2.45) is 10.9 Å². The Morgan fingerprint density at radius 2 is 2.33 bits per heavy atom. The van der Waals surface area contributed by atoms with Crippen molar-refractivity contribution in [2.75, 3.05) is 6.54 Å². The summed E-state index contributed by atoms with van der Waals surface area (Å²) < 4.78 is 0. The number of allylic oxidation sites excluding steroid dienone is 2. The highest BCUT2D eigenvalue weighted by molar-refractivity contribution is 5.90. The second kappa shape index (κ2) is 2.77. The van der Waals surface area contributed by atoms with E-state index in [0.29, 0.717) is 5.92 Å². The number of rotatable bonds is 1. The highest BCUT2D eigenvalue weighted by Gasteiger charge is 2.23. The van der Waals surface area contributed by atoms with Crippen LogP contribution in [0.5, 0.6) is 0 Å². The third-order valence-electron chi connectivity index (χ3n) is 2.32. The maximum absolute atomic E-state index is 4.61. The van der Waals surface area contributed by atoms with E-state index in [1.54, 1.807) is 0 Å². The average molecular weight is 162 g/mol. The van der Waals surface area contributed by atoms with Crippen LogP contribution in [0.3, 0.4) is 0 Å². The molecule has 0 N–H and O–H groups in total. The lowest BCUT2D eigenvalue weighted by Crippen LogP contribution is -2.26. The molecule has 0 aliphatic carbocycles. The van der Waals surface area contributed by atoms with Crippen molar-refractivity contribution in [1.82, 2.24) is 4.90 Å². The molecule has 0 spiro atoms. The van der Waals surface area contributed by atoms with Crippen LogP contribution < -0.4 is 0 Å². The fourth-order valence-corrected chi connectivity index (χ4v) is 1.52. The molecule has 0 amide bonds. The summed E-state index contributed by atoms with van der Waals surface area (Å²) in [6.45, 7) is 5.40. The zero-order chi connectivity index (χ0) is 8.55. The molecule has 0 fully saturated rings. The predicted molar refractivity (Wildman–Crippen MR) is 51.0 cm³/mol. The van der Waals surface area contributed by atoms with E-state index in [2.05, 4.69) is 48.2 Å². The van der Waals surface area contributed by atoms with Crippen LogP contribution in [0.4, 0.5) is 0 Å². The Morgan fingerprint density at radius 3 is 3.00 bits per heavy atom. The van der Waals surface area contributed by atoms with Crippen LogP contribution in [-0.4, -0.2) is 23.3 Å². The van der Waals surface area contributed by atoms with Gasteiger partial charge < -0.3 is 4.90 Å². The number of nitrogens with zero attached hydrogens (tertiary/aromatic N) is 2. The minimum Gasteiger partial charge on any atom is -0.347 e. The van der Waals surface area contributed by atoms with Crippen molar-refractivity contribution >= 4 is 5.71 Å². The summed E-state index contributed by atoms with van der Waals surface area (Å²) in [6, 6.07) is 0. The predicted octanol–water partition coefficient (Wildman–Crippen LogP) is 1.81. The first-order valence-electron chi connectivity index (χ1n) is 4.44. The van der Waals surface area contributed by atoms with Crippen molar-refractivity contribution in [3.8, 4) is 0 Å². The summed E-state index contributed by atoms with van der Waals surface area (Å²) in [5.74, 6) is 0.581. The number of hydrogen-bond acceptors (Lipinski definition) is 2. The molecule has 0 saturated carbocycles. The fourth-order valence-electron chi connectivity index (χ4n) is 1.52. The highest BCUT2D eigenvalue weighted by Crippen LogP contribution is 2.18. The lowest BCUT2D eigenvalue weighted by atomic mass is 10.1. The zero-order valence-corrected chi connectivity index (χ0v) is 7.57. The van der Waals surface area contributed by atoms with Gasteiger partial charge in [0, 0.05) is 11.9 Å². The number of fused-ring (bicyclic) bond motifs is 1. The standard InChI is InChI=1S/C10H14N2/c1-8(2)9-7-12-6-4-3-5-10(12)11-9/h3-6,8,10H,7H2,1-2H3. The molecular weight excluding hydrogens is 148 g/mol. The van der Waals surface area contributed by atoms with Crippen LogP contribution in [0, 0.1) is 5.92 Å². The first-order chi connectivity index (χ1) is 5.77. The molecule has 0 aromatic rings. The molecule has 0 radical (unpaired) electrons. The average Bonchev–Trinajstić information content (AvgIpc) is 2.46. The fraction of sp³-hybridized carbons (Fsp3) is 0.500. The Morgan fingerprint density at radius 1 is 1.50 bits per heavy atom. The highest BCUT2D eigenvalue weighted by atomic mass is 15.3. The maximum Gasteiger partial charge on any atom is 0.140 e. The summed E-state index contributed by atoms with van der Waals surface area (Å²) in [5.41, 5.74) is 1.32. The van der Waals surface area contributed by atoms with Gasteiger partial charge in [0.05, 0.1) is 6.54 Å². The van der Waals surface area contributed by atoms with Gasteiger partial charge in [-0.25, -0.2) is 0 Å². The molecule has 12 heavy (non-hydrogen) atoms. The second-order valence-electron chi connectivity index (χ2n) is 3.59. The topological polar surface area (TPSA) is 15.6 Å². The summed E-state index contributed by atoms with van der Waals surface area (Å²) >= 11 is 0. The lowest BCUT2D eigenvalue weighted by molar-refractivity contribution is 0.392. The van der Waals surface area contributed by atoms with Crippen LogP contribution in [0.2, 0.25) is 0 Å². The monoisotopic (exact) mass is 162 g/mol. The van der Waals surface area contributed by atoms with Crippen LogP contribution in [0.25, 0.3) is 0 Å². The smallest absolute Gasteiger partial charge is 0.140 e. The molecule has 1 unspecified atom stereocenters. The summed E-state index contributed by atoms with van der Waals surface area (Å²) in [4.78, 5) is 6.87. The van der Waals surface area contributed by atoms with Crippen molar-refractivity contribution in [3.05, 3.63) is 24.4 Å². The molecule has 64 valence electrons. The largest absolute Gasteiger partial charge is 0.347 e. The Labute approximate surface area is 73.3 Å². The van der Waals surface area contributed by atoms with Crippen molar-refractivity contribution in [1.29, 1.82) is 0 Å². The first-order valence-corrected chi connectivity index (χ1v) is 4.44. The molecule has 0 bridgehead atoms. The van der Waals surface area contributed by atoms with E-state index in [1.165, 1.54) is 5.71 Å². The molecule has 2 heterocycles. The van der Waals surface area contributed by atoms with E-state index in [-0.39, 0.29) is 6.17 Å². The SMILES string of the molecule is CC(C)C1=NC2C=CC=CN2C1. The van der Waals surface area contributed by atoms with Crippen LogP contribution >= 0.6 is 0 Å². The van der Waals surface area contributed by atoms with E-state index in [0.717, 1.165) is 6.54 Å². The molecule has 2 rings (SSSR count). The van der Waals surface area contributed by atoms with Crippen molar-refractivity contribution in [3.63, 3.8) is 0 Å². The minimum absolute atomic E-state index is 0.285. The van der Waals surface area contributed by atoms with Crippen LogP contribution in [0.1, 0.15) is 13.8 Å². The van der Waals surface area contributed by atoms with Gasteiger partial charge >= 0.3 is 0 Å². The molecular formula is C10H14N2. The van der Waals surface area contributed by atoms with E-state index < -0.39 is 0 Å². The van der Waals surface area contributed by atoms with Crippen molar-refractivity contribution < 1.29 is 0 Å². The molecule has 0 aromatic carbocycles. The van der Waals surface area contributed by atoms with Gasteiger partial charge in [0.1, 0.15) is 6.17 Å². The lowest BCUT2D eigenvalue weighted by Gasteiger charge is -2.20. The number of aliphatic imine (C=N–C) groups is 1. The Bertz CT molecular complexity index is 261. The van der Waals surface area contributed by atoms with E-state index in [4.69, 9.17) is 0 Å². The third-order valence-corrected chi connectivity index (χ3v) is 2.32. The molecule has 2 heteroatoms. The minimum atomic E-state index is 0.285. The maximum atomic E-state index is 4.61. The Balaban J connectivity index is 2.16. The van der Waals surface area contributed by atoms with E-state index in [9.17, 15) is 0 Å². The normalized spacial score (nSPS) is 26.4. The van der Waals surface area contributed by atoms with Gasteiger partial charge in [-0.2, -0.15) is 0 Å². The van der Waals surface area contributed by atoms with Gasteiger partial charge in [-0.3, -0.25) is 4.99 Å². The van der Waals surface area contributed by atoms with E-state index in [1.807, 2.05) is 0 Å². The van der Waals surface area contributed by atoms with Crippen LogP contribution in [0.15, 0.2) is 29.4 Å². The zero-order valence-electron chi connectivity index (χ0n) is 7.57. The van der Waals surface area contributed by atoms with E-state index >= 15 is 0 Å². The van der Waals surface area contributed by atoms with Gasteiger partial charge in [-0.05, 0) is 18.1 Å². The molecule has 0 aromatic heterocycles. The number of hydrogen-bond donors (Lipinski definition) is 0. The molecule has 1 atom stereocenters. The quantitative estimate of drug-likeness (QED) is 0.574.